The molecule has 1 rings (SSSR count). The second kappa shape index (κ2) is 7.81. The van der Waals surface area contributed by atoms with E-state index >= 15 is 0 Å². The fraction of sp³-hybridized carbons (Fsp3) is 0.529. The molecule has 0 fully saturated rings. The Balaban J connectivity index is 2.23. The summed E-state index contributed by atoms with van der Waals surface area (Å²) in [7, 11) is 0. The predicted octanol–water partition coefficient (Wildman–Crippen LogP) is 2.78. The Hall–Kier alpha value is -1.84. The first-order valence-corrected chi connectivity index (χ1v) is 7.31. The number of ether oxygens (including phenoxy) is 1. The number of carbonyl (C=O) groups is 2. The van der Waals surface area contributed by atoms with Gasteiger partial charge in [0.25, 0.3) is 0 Å². The van der Waals surface area contributed by atoms with Crippen molar-refractivity contribution >= 4 is 11.9 Å². The number of esters is 1. The van der Waals surface area contributed by atoms with Crippen LogP contribution in [0.3, 0.4) is 0 Å². The minimum Gasteiger partial charge on any atom is -0.460 e. The van der Waals surface area contributed by atoms with E-state index in [2.05, 4.69) is 24.4 Å². The number of benzene rings is 1. The van der Waals surface area contributed by atoms with Crippen molar-refractivity contribution in [2.24, 2.45) is 0 Å². The maximum atomic E-state index is 11.7. The van der Waals surface area contributed by atoms with Crippen LogP contribution in [0.2, 0.25) is 0 Å². The third kappa shape index (κ3) is 7.49. The summed E-state index contributed by atoms with van der Waals surface area (Å²) in [6.45, 7) is 8.07. The zero-order valence-corrected chi connectivity index (χ0v) is 13.4. The molecule has 0 aliphatic heterocycles. The molecule has 116 valence electrons. The highest BCUT2D eigenvalue weighted by atomic mass is 16.6. The van der Waals surface area contributed by atoms with E-state index in [-0.39, 0.29) is 24.7 Å². The topological polar surface area (TPSA) is 55.4 Å². The molecule has 0 aliphatic rings. The van der Waals surface area contributed by atoms with Gasteiger partial charge in [-0.25, -0.2) is 0 Å². The van der Waals surface area contributed by atoms with Crippen molar-refractivity contribution in [3.8, 4) is 0 Å². The van der Waals surface area contributed by atoms with Crippen molar-refractivity contribution in [1.29, 1.82) is 0 Å². The van der Waals surface area contributed by atoms with Gasteiger partial charge in [-0.1, -0.05) is 24.3 Å². The number of hydrogen-bond acceptors (Lipinski definition) is 3. The second-order valence-electron chi connectivity index (χ2n) is 6.11. The maximum absolute atomic E-state index is 11.7. The van der Waals surface area contributed by atoms with E-state index in [1.807, 2.05) is 32.9 Å². The van der Waals surface area contributed by atoms with Gasteiger partial charge in [-0.2, -0.15) is 0 Å². The van der Waals surface area contributed by atoms with Crippen molar-refractivity contribution in [3.05, 3.63) is 35.4 Å². The number of hydrogen-bond donors (Lipinski definition) is 1. The van der Waals surface area contributed by atoms with Gasteiger partial charge in [-0.05, 0) is 45.2 Å². The fourth-order valence-corrected chi connectivity index (χ4v) is 1.92. The summed E-state index contributed by atoms with van der Waals surface area (Å²) >= 11 is 0. The first-order chi connectivity index (χ1) is 9.78. The van der Waals surface area contributed by atoms with Gasteiger partial charge in [0.1, 0.15) is 5.60 Å². The summed E-state index contributed by atoms with van der Waals surface area (Å²) in [6, 6.07) is 8.10. The summed E-state index contributed by atoms with van der Waals surface area (Å²) in [6.07, 6.45) is 1.08. The molecule has 0 saturated carbocycles. The van der Waals surface area contributed by atoms with Crippen molar-refractivity contribution < 1.29 is 14.3 Å². The molecule has 1 N–H and O–H groups in total. The van der Waals surface area contributed by atoms with Crippen LogP contribution in [-0.4, -0.2) is 24.0 Å². The normalized spacial score (nSPS) is 11.0. The molecule has 1 aromatic carbocycles. The number of nitrogens with one attached hydrogen (secondary N) is 1. The first-order valence-electron chi connectivity index (χ1n) is 7.31. The zero-order chi connectivity index (χ0) is 15.9. The van der Waals surface area contributed by atoms with Crippen LogP contribution in [-0.2, 0) is 20.7 Å². The molecular formula is C17H25NO3. The summed E-state index contributed by atoms with van der Waals surface area (Å²) in [5.74, 6) is -0.453. The van der Waals surface area contributed by atoms with Crippen molar-refractivity contribution in [3.63, 3.8) is 0 Å². The zero-order valence-electron chi connectivity index (χ0n) is 13.4. The number of amides is 1. The molecule has 4 nitrogen and oxygen atoms in total. The predicted molar refractivity (Wildman–Crippen MR) is 83.0 cm³/mol. The van der Waals surface area contributed by atoms with Crippen LogP contribution < -0.4 is 5.32 Å². The van der Waals surface area contributed by atoms with Crippen LogP contribution in [0, 0.1) is 6.92 Å². The van der Waals surface area contributed by atoms with Gasteiger partial charge in [-0.3, -0.25) is 9.59 Å². The third-order valence-corrected chi connectivity index (χ3v) is 2.95. The van der Waals surface area contributed by atoms with E-state index in [0.717, 1.165) is 6.42 Å². The largest absolute Gasteiger partial charge is 0.460 e. The summed E-state index contributed by atoms with van der Waals surface area (Å²) in [5.41, 5.74) is 1.95. The smallest absolute Gasteiger partial charge is 0.306 e. The molecule has 0 atom stereocenters. The molecule has 1 amide bonds. The molecule has 1 aromatic rings. The molecule has 21 heavy (non-hydrogen) atoms. The minimum absolute atomic E-state index is 0.116. The fourth-order valence-electron chi connectivity index (χ4n) is 1.92. The van der Waals surface area contributed by atoms with Gasteiger partial charge >= 0.3 is 5.97 Å². The van der Waals surface area contributed by atoms with Gasteiger partial charge in [0.2, 0.25) is 5.91 Å². The maximum Gasteiger partial charge on any atom is 0.306 e. The van der Waals surface area contributed by atoms with Crippen molar-refractivity contribution in [2.45, 2.75) is 52.6 Å². The van der Waals surface area contributed by atoms with E-state index in [0.29, 0.717) is 6.54 Å². The number of aryl methyl sites for hydroxylation is 1. The van der Waals surface area contributed by atoms with Crippen LogP contribution in [0.1, 0.15) is 44.7 Å². The Morgan fingerprint density at radius 1 is 1.14 bits per heavy atom. The van der Waals surface area contributed by atoms with Gasteiger partial charge in [-0.15, -0.1) is 0 Å². The third-order valence-electron chi connectivity index (χ3n) is 2.95. The number of rotatable bonds is 6. The monoisotopic (exact) mass is 291 g/mol. The lowest BCUT2D eigenvalue weighted by Crippen LogP contribution is -2.28. The summed E-state index contributed by atoms with van der Waals surface area (Å²) in [5, 5.41) is 2.83. The van der Waals surface area contributed by atoms with Crippen LogP contribution in [0.25, 0.3) is 0 Å². The molecule has 4 heteroatoms. The quantitative estimate of drug-likeness (QED) is 0.820. The SMILES string of the molecule is Cc1ccccc1CCNC(=O)CCC(=O)OC(C)(C)C. The lowest BCUT2D eigenvalue weighted by molar-refractivity contribution is -0.155. The Morgan fingerprint density at radius 2 is 1.81 bits per heavy atom. The van der Waals surface area contributed by atoms with E-state index in [4.69, 9.17) is 4.74 Å². The van der Waals surface area contributed by atoms with Gasteiger partial charge < -0.3 is 10.1 Å². The molecule has 0 aliphatic carbocycles. The van der Waals surface area contributed by atoms with E-state index in [9.17, 15) is 9.59 Å². The van der Waals surface area contributed by atoms with Crippen LogP contribution in [0.5, 0.6) is 0 Å². The first kappa shape index (κ1) is 17.2. The van der Waals surface area contributed by atoms with Crippen molar-refractivity contribution in [1.82, 2.24) is 5.32 Å². The second-order valence-corrected chi connectivity index (χ2v) is 6.11. The highest BCUT2D eigenvalue weighted by molar-refractivity contribution is 5.81. The molecule has 0 radical (unpaired) electrons. The molecule has 0 bridgehead atoms. The van der Waals surface area contributed by atoms with Gasteiger partial charge in [0.05, 0.1) is 6.42 Å². The average Bonchev–Trinajstić information content (AvgIpc) is 2.37. The Labute approximate surface area is 126 Å². The molecule has 0 unspecified atom stereocenters. The molecule has 0 aromatic heterocycles. The molecule has 0 heterocycles. The van der Waals surface area contributed by atoms with Gasteiger partial charge in [0, 0.05) is 13.0 Å². The van der Waals surface area contributed by atoms with E-state index in [1.54, 1.807) is 0 Å². The molecular weight excluding hydrogens is 266 g/mol. The lowest BCUT2D eigenvalue weighted by Gasteiger charge is -2.19. The van der Waals surface area contributed by atoms with Crippen LogP contribution >= 0.6 is 0 Å². The molecule has 0 spiro atoms. The van der Waals surface area contributed by atoms with Crippen LogP contribution in [0.4, 0.5) is 0 Å². The summed E-state index contributed by atoms with van der Waals surface area (Å²) in [4.78, 5) is 23.2. The van der Waals surface area contributed by atoms with Crippen LogP contribution in [0.15, 0.2) is 24.3 Å². The highest BCUT2D eigenvalue weighted by Crippen LogP contribution is 2.09. The van der Waals surface area contributed by atoms with Gasteiger partial charge in [0.15, 0.2) is 0 Å². The van der Waals surface area contributed by atoms with E-state index in [1.165, 1.54) is 11.1 Å². The number of carbonyl (C=O) groups excluding carboxylic acids is 2. The van der Waals surface area contributed by atoms with Crippen molar-refractivity contribution in [2.75, 3.05) is 6.54 Å². The minimum atomic E-state index is -0.502. The Morgan fingerprint density at radius 3 is 2.43 bits per heavy atom. The Bertz CT molecular complexity index is 489. The highest BCUT2D eigenvalue weighted by Gasteiger charge is 2.16. The standard InChI is InChI=1S/C17H25NO3/c1-13-7-5-6-8-14(13)11-12-18-15(19)9-10-16(20)21-17(2,3)4/h5-8H,9-12H2,1-4H3,(H,18,19). The lowest BCUT2D eigenvalue weighted by atomic mass is 10.1. The van der Waals surface area contributed by atoms with E-state index < -0.39 is 5.60 Å². The Kier molecular flexibility index (Phi) is 6.40. The molecule has 0 saturated heterocycles. The summed E-state index contributed by atoms with van der Waals surface area (Å²) < 4.78 is 5.16. The average molecular weight is 291 g/mol.